The van der Waals surface area contributed by atoms with Gasteiger partial charge in [0.1, 0.15) is 5.75 Å². The lowest BCUT2D eigenvalue weighted by atomic mass is 10.1. The van der Waals surface area contributed by atoms with E-state index in [1.165, 1.54) is 7.11 Å². The van der Waals surface area contributed by atoms with Crippen LogP contribution in [0, 0.1) is 0 Å². The fraction of sp³-hybridized carbons (Fsp3) is 0.158. The number of carbonyl (C=O) groups excluding carboxylic acids is 1. The van der Waals surface area contributed by atoms with Crippen molar-refractivity contribution in [1.29, 1.82) is 0 Å². The number of methoxy groups -OCH3 is 1. The van der Waals surface area contributed by atoms with Crippen molar-refractivity contribution in [2.45, 2.75) is 12.8 Å². The number of carbonyl (C=O) groups is 1. The molecule has 5 nitrogen and oxygen atoms in total. The molecule has 6 heteroatoms. The average molecular weight is 357 g/mol. The Labute approximate surface area is 149 Å². The van der Waals surface area contributed by atoms with Crippen LogP contribution in [0.5, 0.6) is 5.75 Å². The number of hydrogen-bond acceptors (Lipinski definition) is 3. The summed E-state index contributed by atoms with van der Waals surface area (Å²) in [6, 6.07) is 14.4. The highest BCUT2D eigenvalue weighted by Crippen LogP contribution is 2.27. The molecule has 0 bridgehead atoms. The summed E-state index contributed by atoms with van der Waals surface area (Å²) in [6.07, 6.45) is 0.520. The number of aromatic nitrogens is 1. The first-order valence-corrected chi connectivity index (χ1v) is 8.19. The van der Waals surface area contributed by atoms with Gasteiger partial charge in [-0.3, -0.25) is 9.59 Å². The van der Waals surface area contributed by atoms with Crippen molar-refractivity contribution in [2.24, 2.45) is 0 Å². The van der Waals surface area contributed by atoms with E-state index >= 15 is 0 Å². The topological polar surface area (TPSA) is 71.2 Å². The minimum Gasteiger partial charge on any atom is -0.495 e. The Balaban J connectivity index is 1.72. The monoisotopic (exact) mass is 356 g/mol. The molecule has 2 aromatic carbocycles. The molecule has 0 unspecified atom stereocenters. The summed E-state index contributed by atoms with van der Waals surface area (Å²) in [4.78, 5) is 27.2. The summed E-state index contributed by atoms with van der Waals surface area (Å²) in [5.41, 5.74) is 1.69. The fourth-order valence-electron chi connectivity index (χ4n) is 2.62. The standard InChI is InChI=1S/C19H17ClN2O3/c1-25-17-8-7-14(20)11-16(17)21-18(23)9-6-13-10-12-4-2-3-5-15(12)22-19(13)24/h2-5,7-8,10-11H,6,9H2,1H3,(H,21,23)(H,22,24). The number of anilines is 1. The first kappa shape index (κ1) is 17.0. The number of hydrogen-bond donors (Lipinski definition) is 2. The SMILES string of the molecule is COc1ccc(Cl)cc1NC(=O)CCc1cc2ccccc2[nH]c1=O. The first-order chi connectivity index (χ1) is 12.1. The lowest BCUT2D eigenvalue weighted by Gasteiger charge is -2.10. The van der Waals surface area contributed by atoms with Crippen LogP contribution < -0.4 is 15.6 Å². The summed E-state index contributed by atoms with van der Waals surface area (Å²) >= 11 is 5.95. The Kier molecular flexibility index (Phi) is 5.05. The van der Waals surface area contributed by atoms with Crippen LogP contribution in [-0.2, 0) is 11.2 Å². The van der Waals surface area contributed by atoms with Crippen LogP contribution >= 0.6 is 11.6 Å². The van der Waals surface area contributed by atoms with Crippen LogP contribution in [0.25, 0.3) is 10.9 Å². The van der Waals surface area contributed by atoms with Gasteiger partial charge in [0.05, 0.1) is 12.8 Å². The number of halogens is 1. The molecular formula is C19H17ClN2O3. The highest BCUT2D eigenvalue weighted by Gasteiger charge is 2.10. The number of nitrogens with one attached hydrogen (secondary N) is 2. The van der Waals surface area contributed by atoms with Crippen molar-refractivity contribution in [2.75, 3.05) is 12.4 Å². The maximum Gasteiger partial charge on any atom is 0.251 e. The molecule has 2 N–H and O–H groups in total. The molecule has 0 fully saturated rings. The number of H-pyrrole nitrogens is 1. The fourth-order valence-corrected chi connectivity index (χ4v) is 2.79. The van der Waals surface area contributed by atoms with Crippen LogP contribution in [0.1, 0.15) is 12.0 Å². The third-order valence-electron chi connectivity index (χ3n) is 3.89. The second-order valence-corrected chi connectivity index (χ2v) is 6.04. The van der Waals surface area contributed by atoms with Gasteiger partial charge in [-0.25, -0.2) is 0 Å². The quantitative estimate of drug-likeness (QED) is 0.731. The molecule has 1 aromatic heterocycles. The maximum absolute atomic E-state index is 12.2. The average Bonchev–Trinajstić information content (AvgIpc) is 2.60. The molecule has 1 heterocycles. The molecule has 0 aliphatic rings. The van der Waals surface area contributed by atoms with E-state index in [4.69, 9.17) is 16.3 Å². The number of aryl methyl sites for hydroxylation is 1. The number of aromatic amines is 1. The predicted octanol–water partition coefficient (Wildman–Crippen LogP) is 3.76. The van der Waals surface area contributed by atoms with Crippen LogP contribution in [0.3, 0.4) is 0 Å². The molecule has 0 saturated heterocycles. The van der Waals surface area contributed by atoms with E-state index in [-0.39, 0.29) is 17.9 Å². The predicted molar refractivity (Wildman–Crippen MR) is 99.5 cm³/mol. The van der Waals surface area contributed by atoms with E-state index in [0.29, 0.717) is 28.4 Å². The summed E-state index contributed by atoms with van der Waals surface area (Å²) in [7, 11) is 1.52. The number of rotatable bonds is 5. The van der Waals surface area contributed by atoms with E-state index in [1.807, 2.05) is 30.3 Å². The lowest BCUT2D eigenvalue weighted by Crippen LogP contribution is -2.17. The van der Waals surface area contributed by atoms with Crippen molar-refractivity contribution in [3.8, 4) is 5.75 Å². The highest BCUT2D eigenvalue weighted by molar-refractivity contribution is 6.31. The normalized spacial score (nSPS) is 10.6. The number of ether oxygens (including phenoxy) is 1. The van der Waals surface area contributed by atoms with Crippen LogP contribution in [0.4, 0.5) is 5.69 Å². The third-order valence-corrected chi connectivity index (χ3v) is 4.12. The zero-order valence-electron chi connectivity index (χ0n) is 13.6. The minimum absolute atomic E-state index is 0.174. The lowest BCUT2D eigenvalue weighted by molar-refractivity contribution is -0.116. The van der Waals surface area contributed by atoms with Gasteiger partial charge < -0.3 is 15.0 Å². The molecule has 0 radical (unpaired) electrons. The van der Waals surface area contributed by atoms with Gasteiger partial charge in [-0.2, -0.15) is 0 Å². The number of amides is 1. The van der Waals surface area contributed by atoms with Gasteiger partial charge in [-0.15, -0.1) is 0 Å². The van der Waals surface area contributed by atoms with Crippen molar-refractivity contribution in [3.63, 3.8) is 0 Å². The summed E-state index contributed by atoms with van der Waals surface area (Å²) in [5.74, 6) is 0.314. The number of pyridine rings is 1. The van der Waals surface area contributed by atoms with Gasteiger partial charge in [0.15, 0.2) is 0 Å². The zero-order chi connectivity index (χ0) is 17.8. The van der Waals surface area contributed by atoms with Crippen molar-refractivity contribution >= 4 is 34.1 Å². The Hall–Kier alpha value is -2.79. The second kappa shape index (κ2) is 7.40. The number of fused-ring (bicyclic) bond motifs is 1. The van der Waals surface area contributed by atoms with Crippen molar-refractivity contribution in [3.05, 3.63) is 69.5 Å². The van der Waals surface area contributed by atoms with Crippen LogP contribution in [0.15, 0.2) is 53.3 Å². The van der Waals surface area contributed by atoms with Crippen molar-refractivity contribution < 1.29 is 9.53 Å². The van der Waals surface area contributed by atoms with E-state index in [1.54, 1.807) is 18.2 Å². The summed E-state index contributed by atoms with van der Waals surface area (Å²) in [6.45, 7) is 0. The van der Waals surface area contributed by atoms with Gasteiger partial charge in [0, 0.05) is 22.5 Å². The number of benzene rings is 2. The van der Waals surface area contributed by atoms with Gasteiger partial charge in [0.25, 0.3) is 5.56 Å². The molecule has 3 rings (SSSR count). The highest BCUT2D eigenvalue weighted by atomic mass is 35.5. The number of para-hydroxylation sites is 1. The zero-order valence-corrected chi connectivity index (χ0v) is 14.4. The molecule has 128 valence electrons. The van der Waals surface area contributed by atoms with E-state index in [9.17, 15) is 9.59 Å². The molecule has 0 saturated carbocycles. The Morgan fingerprint density at radius 2 is 2.00 bits per heavy atom. The van der Waals surface area contributed by atoms with E-state index in [2.05, 4.69) is 10.3 Å². The first-order valence-electron chi connectivity index (χ1n) is 7.81. The molecule has 25 heavy (non-hydrogen) atoms. The molecule has 0 aliphatic carbocycles. The van der Waals surface area contributed by atoms with Gasteiger partial charge in [0.2, 0.25) is 5.91 Å². The largest absolute Gasteiger partial charge is 0.495 e. The molecule has 0 aliphatic heterocycles. The Bertz CT molecular complexity index is 982. The van der Waals surface area contributed by atoms with Gasteiger partial charge >= 0.3 is 0 Å². The van der Waals surface area contributed by atoms with E-state index < -0.39 is 0 Å². The van der Waals surface area contributed by atoms with Crippen molar-refractivity contribution in [1.82, 2.24) is 4.98 Å². The van der Waals surface area contributed by atoms with Gasteiger partial charge in [-0.1, -0.05) is 29.8 Å². The Morgan fingerprint density at radius 1 is 1.20 bits per heavy atom. The van der Waals surface area contributed by atoms with Crippen LogP contribution in [-0.4, -0.2) is 18.0 Å². The van der Waals surface area contributed by atoms with Gasteiger partial charge in [-0.05, 0) is 42.1 Å². The second-order valence-electron chi connectivity index (χ2n) is 5.60. The smallest absolute Gasteiger partial charge is 0.251 e. The minimum atomic E-state index is -0.215. The summed E-state index contributed by atoms with van der Waals surface area (Å²) in [5, 5.41) is 4.21. The van der Waals surface area contributed by atoms with Crippen LogP contribution in [0.2, 0.25) is 5.02 Å². The molecule has 0 spiro atoms. The summed E-state index contributed by atoms with van der Waals surface area (Å²) < 4.78 is 5.20. The maximum atomic E-state index is 12.2. The molecule has 1 amide bonds. The molecule has 0 atom stereocenters. The molecule has 3 aromatic rings. The van der Waals surface area contributed by atoms with E-state index in [0.717, 1.165) is 10.9 Å². The molecular weight excluding hydrogens is 340 g/mol. The third kappa shape index (κ3) is 4.00. The Morgan fingerprint density at radius 3 is 2.80 bits per heavy atom.